The van der Waals surface area contributed by atoms with Crippen molar-refractivity contribution in [3.63, 3.8) is 0 Å². The average Bonchev–Trinajstić information content (AvgIpc) is 2.61. The van der Waals surface area contributed by atoms with E-state index in [1.165, 1.54) is 12.8 Å². The van der Waals surface area contributed by atoms with Gasteiger partial charge in [0.15, 0.2) is 0 Å². The molecule has 2 fully saturated rings. The molecule has 0 radical (unpaired) electrons. The molecule has 2 unspecified atom stereocenters. The van der Waals surface area contributed by atoms with Crippen molar-refractivity contribution in [2.45, 2.75) is 25.8 Å². The topological polar surface area (TPSA) is 41.6 Å². The van der Waals surface area contributed by atoms with Crippen molar-refractivity contribution in [3.05, 3.63) is 0 Å². The third-order valence-electron chi connectivity index (χ3n) is 3.23. The van der Waals surface area contributed by atoms with E-state index >= 15 is 0 Å². The first kappa shape index (κ1) is 9.77. The summed E-state index contributed by atoms with van der Waals surface area (Å²) in [7, 11) is 0. The summed E-state index contributed by atoms with van der Waals surface area (Å²) in [6.07, 6.45) is 2.29. The van der Waals surface area contributed by atoms with Crippen LogP contribution in [-0.2, 0) is 4.74 Å². The fourth-order valence-corrected chi connectivity index (χ4v) is 2.43. The molecule has 0 saturated carbocycles. The number of hydrogen-bond donors (Lipinski definition) is 1. The highest BCUT2D eigenvalue weighted by molar-refractivity contribution is 5.70. The molecule has 2 atom stereocenters. The van der Waals surface area contributed by atoms with E-state index in [2.05, 4.69) is 5.32 Å². The van der Waals surface area contributed by atoms with Gasteiger partial charge in [0.1, 0.15) is 6.61 Å². The maximum absolute atomic E-state index is 11.3. The van der Waals surface area contributed by atoms with E-state index in [4.69, 9.17) is 4.74 Å². The van der Waals surface area contributed by atoms with Gasteiger partial charge in [-0.25, -0.2) is 4.79 Å². The molecule has 0 bridgehead atoms. The van der Waals surface area contributed by atoms with E-state index in [0.717, 1.165) is 19.6 Å². The normalized spacial score (nSPS) is 33.2. The number of ether oxygens (including phenoxy) is 1. The second-order valence-corrected chi connectivity index (χ2v) is 4.04. The predicted octanol–water partition coefficient (Wildman–Crippen LogP) is 0.827. The predicted molar refractivity (Wildman–Crippen MR) is 53.1 cm³/mol. The Labute approximate surface area is 84.6 Å². The monoisotopic (exact) mass is 198 g/mol. The van der Waals surface area contributed by atoms with Crippen molar-refractivity contribution in [2.75, 3.05) is 26.2 Å². The van der Waals surface area contributed by atoms with Crippen LogP contribution in [0.1, 0.15) is 19.8 Å². The van der Waals surface area contributed by atoms with Crippen molar-refractivity contribution < 1.29 is 9.53 Å². The SMILES string of the molecule is CCN1C(=O)OCC1C1CCCNC1. The molecule has 80 valence electrons. The number of rotatable bonds is 2. The first-order valence-electron chi connectivity index (χ1n) is 5.47. The lowest BCUT2D eigenvalue weighted by Crippen LogP contribution is -2.45. The highest BCUT2D eigenvalue weighted by Crippen LogP contribution is 2.24. The molecular weight excluding hydrogens is 180 g/mol. The van der Waals surface area contributed by atoms with Gasteiger partial charge in [-0.2, -0.15) is 0 Å². The number of carbonyl (C=O) groups excluding carboxylic acids is 1. The van der Waals surface area contributed by atoms with Crippen molar-refractivity contribution in [3.8, 4) is 0 Å². The molecule has 2 aliphatic heterocycles. The molecule has 0 aliphatic carbocycles. The zero-order valence-electron chi connectivity index (χ0n) is 8.66. The average molecular weight is 198 g/mol. The van der Waals surface area contributed by atoms with Gasteiger partial charge in [0, 0.05) is 13.1 Å². The summed E-state index contributed by atoms with van der Waals surface area (Å²) in [5, 5.41) is 3.38. The third-order valence-corrected chi connectivity index (χ3v) is 3.23. The van der Waals surface area contributed by atoms with Crippen LogP contribution in [0.4, 0.5) is 4.79 Å². The number of nitrogens with zero attached hydrogens (tertiary/aromatic N) is 1. The minimum atomic E-state index is -0.136. The van der Waals surface area contributed by atoms with Crippen molar-refractivity contribution >= 4 is 6.09 Å². The zero-order valence-corrected chi connectivity index (χ0v) is 8.66. The van der Waals surface area contributed by atoms with Gasteiger partial charge in [-0.3, -0.25) is 0 Å². The van der Waals surface area contributed by atoms with Gasteiger partial charge in [0.05, 0.1) is 6.04 Å². The summed E-state index contributed by atoms with van der Waals surface area (Å²) >= 11 is 0. The Morgan fingerprint density at radius 3 is 3.14 bits per heavy atom. The Kier molecular flexibility index (Phi) is 2.91. The highest BCUT2D eigenvalue weighted by Gasteiger charge is 2.37. The molecule has 0 aromatic heterocycles. The summed E-state index contributed by atoms with van der Waals surface area (Å²) in [5.41, 5.74) is 0. The lowest BCUT2D eigenvalue weighted by atomic mass is 9.91. The molecule has 0 aromatic carbocycles. The summed E-state index contributed by atoms with van der Waals surface area (Å²) < 4.78 is 5.08. The number of amides is 1. The number of cyclic esters (lactones) is 1. The summed E-state index contributed by atoms with van der Waals surface area (Å²) in [6.45, 7) is 5.50. The molecule has 2 aliphatic rings. The van der Waals surface area contributed by atoms with Gasteiger partial charge in [-0.1, -0.05) is 0 Å². The van der Waals surface area contributed by atoms with E-state index < -0.39 is 0 Å². The number of hydrogen-bond acceptors (Lipinski definition) is 3. The maximum Gasteiger partial charge on any atom is 0.410 e. The number of nitrogens with one attached hydrogen (secondary N) is 1. The summed E-state index contributed by atoms with van der Waals surface area (Å²) in [5.74, 6) is 0.579. The van der Waals surface area contributed by atoms with Gasteiger partial charge < -0.3 is 15.0 Å². The molecule has 1 N–H and O–H groups in total. The van der Waals surface area contributed by atoms with E-state index in [1.54, 1.807) is 0 Å². The van der Waals surface area contributed by atoms with Gasteiger partial charge in [-0.15, -0.1) is 0 Å². The molecule has 2 saturated heterocycles. The van der Waals surface area contributed by atoms with Crippen LogP contribution in [0.25, 0.3) is 0 Å². The molecule has 2 rings (SSSR count). The van der Waals surface area contributed by atoms with Crippen molar-refractivity contribution in [1.82, 2.24) is 10.2 Å². The molecule has 2 heterocycles. The lowest BCUT2D eigenvalue weighted by molar-refractivity contribution is 0.157. The Balaban J connectivity index is 1.98. The molecule has 4 nitrogen and oxygen atoms in total. The van der Waals surface area contributed by atoms with E-state index in [1.807, 2.05) is 11.8 Å². The van der Waals surface area contributed by atoms with Crippen LogP contribution < -0.4 is 5.32 Å². The third kappa shape index (κ3) is 1.71. The minimum absolute atomic E-state index is 0.136. The maximum atomic E-state index is 11.3. The fourth-order valence-electron chi connectivity index (χ4n) is 2.43. The Morgan fingerprint density at radius 1 is 1.64 bits per heavy atom. The lowest BCUT2D eigenvalue weighted by Gasteiger charge is -2.31. The molecular formula is C10H18N2O2. The highest BCUT2D eigenvalue weighted by atomic mass is 16.6. The minimum Gasteiger partial charge on any atom is -0.447 e. The fraction of sp³-hybridized carbons (Fsp3) is 0.900. The molecule has 1 amide bonds. The summed E-state index contributed by atoms with van der Waals surface area (Å²) in [4.78, 5) is 13.2. The first-order valence-corrected chi connectivity index (χ1v) is 5.47. The van der Waals surface area contributed by atoms with Crippen LogP contribution in [0.2, 0.25) is 0 Å². The van der Waals surface area contributed by atoms with Crippen LogP contribution in [0.5, 0.6) is 0 Å². The number of likely N-dealkylation sites (N-methyl/N-ethyl adjacent to an activating group) is 1. The van der Waals surface area contributed by atoms with Gasteiger partial charge in [0.2, 0.25) is 0 Å². The number of carbonyl (C=O) groups is 1. The Hall–Kier alpha value is -0.770. The Bertz CT molecular complexity index is 214. The molecule has 4 heteroatoms. The molecule has 0 aromatic rings. The van der Waals surface area contributed by atoms with Crippen LogP contribution in [0.3, 0.4) is 0 Å². The molecule has 14 heavy (non-hydrogen) atoms. The second kappa shape index (κ2) is 4.17. The second-order valence-electron chi connectivity index (χ2n) is 4.04. The van der Waals surface area contributed by atoms with Crippen LogP contribution in [-0.4, -0.2) is 43.3 Å². The van der Waals surface area contributed by atoms with Crippen molar-refractivity contribution in [2.24, 2.45) is 5.92 Å². The van der Waals surface area contributed by atoms with Gasteiger partial charge >= 0.3 is 6.09 Å². The van der Waals surface area contributed by atoms with Gasteiger partial charge in [-0.05, 0) is 32.2 Å². The van der Waals surface area contributed by atoms with Crippen LogP contribution in [0, 0.1) is 5.92 Å². The zero-order chi connectivity index (χ0) is 9.97. The Morgan fingerprint density at radius 2 is 2.50 bits per heavy atom. The first-order chi connectivity index (χ1) is 6.83. The van der Waals surface area contributed by atoms with Crippen molar-refractivity contribution in [1.29, 1.82) is 0 Å². The van der Waals surface area contributed by atoms with Crippen LogP contribution >= 0.6 is 0 Å². The smallest absolute Gasteiger partial charge is 0.410 e. The van der Waals surface area contributed by atoms with Gasteiger partial charge in [0.25, 0.3) is 0 Å². The van der Waals surface area contributed by atoms with E-state index in [-0.39, 0.29) is 6.09 Å². The van der Waals surface area contributed by atoms with Crippen LogP contribution in [0.15, 0.2) is 0 Å². The quantitative estimate of drug-likeness (QED) is 0.714. The van der Waals surface area contributed by atoms with E-state index in [9.17, 15) is 4.79 Å². The standard InChI is InChI=1S/C10H18N2O2/c1-2-12-9(7-14-10(12)13)8-4-3-5-11-6-8/h8-9,11H,2-7H2,1H3. The van der Waals surface area contributed by atoms with E-state index in [0.29, 0.717) is 18.6 Å². The molecule has 0 spiro atoms. The number of piperidine rings is 1. The summed E-state index contributed by atoms with van der Waals surface area (Å²) in [6, 6.07) is 0.306. The largest absolute Gasteiger partial charge is 0.447 e.